The van der Waals surface area contributed by atoms with Gasteiger partial charge in [0.2, 0.25) is 0 Å². The molecule has 1 heterocycles. The molecule has 0 fully saturated rings. The van der Waals surface area contributed by atoms with Crippen LogP contribution in [0.15, 0.2) is 27.8 Å². The number of nitrogens with zero attached hydrogens (tertiary/aromatic N) is 1. The maximum atomic E-state index is 5.62. The quantitative estimate of drug-likeness (QED) is 0.847. The molecule has 1 unspecified atom stereocenters. The van der Waals surface area contributed by atoms with Gasteiger partial charge in [-0.05, 0) is 34.5 Å². The van der Waals surface area contributed by atoms with E-state index >= 15 is 0 Å². The van der Waals surface area contributed by atoms with Gasteiger partial charge in [0.25, 0.3) is 0 Å². The molecule has 0 saturated carbocycles. The summed E-state index contributed by atoms with van der Waals surface area (Å²) in [6.07, 6.45) is 2.88. The Morgan fingerprint density at radius 2 is 2.46 bits per heavy atom. The van der Waals surface area contributed by atoms with Gasteiger partial charge in [-0.25, -0.2) is 4.98 Å². The first-order valence-electron chi connectivity index (χ1n) is 4.25. The van der Waals surface area contributed by atoms with Crippen molar-refractivity contribution in [3.63, 3.8) is 0 Å². The molecule has 2 N–H and O–H groups in total. The van der Waals surface area contributed by atoms with E-state index in [0.29, 0.717) is 11.8 Å². The maximum absolute atomic E-state index is 5.62. The first-order valence-corrected chi connectivity index (χ1v) is 5.92. The number of pyridine rings is 1. The van der Waals surface area contributed by atoms with Gasteiger partial charge in [0.05, 0.1) is 0 Å². The van der Waals surface area contributed by atoms with Crippen LogP contribution in [0.2, 0.25) is 0 Å². The number of hydrogen-bond donors (Lipinski definition) is 1. The third-order valence-electron chi connectivity index (χ3n) is 1.72. The summed E-state index contributed by atoms with van der Waals surface area (Å²) < 4.78 is 1.05. The van der Waals surface area contributed by atoms with E-state index in [1.807, 2.05) is 12.1 Å². The molecule has 0 amide bonds. The van der Waals surface area contributed by atoms with Crippen molar-refractivity contribution >= 4 is 27.7 Å². The van der Waals surface area contributed by atoms with Crippen LogP contribution in [0.3, 0.4) is 0 Å². The van der Waals surface area contributed by atoms with Crippen LogP contribution in [0, 0.1) is 0 Å². The molecule has 0 aliphatic heterocycles. The zero-order chi connectivity index (χ0) is 9.68. The van der Waals surface area contributed by atoms with Gasteiger partial charge in [-0.3, -0.25) is 0 Å². The summed E-state index contributed by atoms with van der Waals surface area (Å²) in [5.41, 5.74) is 5.62. The van der Waals surface area contributed by atoms with Gasteiger partial charge in [-0.1, -0.05) is 6.92 Å². The van der Waals surface area contributed by atoms with E-state index < -0.39 is 0 Å². The standard InChI is InChI=1S/C9H13BrN2S/c1-2-7(6-11)13-9-8(10)4-3-5-12-9/h3-5,7H,2,6,11H2,1H3. The van der Waals surface area contributed by atoms with Crippen molar-refractivity contribution in [2.24, 2.45) is 5.73 Å². The lowest BCUT2D eigenvalue weighted by Gasteiger charge is -2.11. The summed E-state index contributed by atoms with van der Waals surface area (Å²) in [4.78, 5) is 4.27. The zero-order valence-electron chi connectivity index (χ0n) is 7.53. The summed E-state index contributed by atoms with van der Waals surface area (Å²) in [6, 6.07) is 3.91. The minimum atomic E-state index is 0.464. The van der Waals surface area contributed by atoms with Gasteiger partial charge in [0.15, 0.2) is 0 Å². The Balaban J connectivity index is 2.67. The van der Waals surface area contributed by atoms with Crippen LogP contribution in [0.1, 0.15) is 13.3 Å². The largest absolute Gasteiger partial charge is 0.329 e. The number of nitrogens with two attached hydrogens (primary N) is 1. The van der Waals surface area contributed by atoms with Crippen LogP contribution in [0.4, 0.5) is 0 Å². The van der Waals surface area contributed by atoms with Gasteiger partial charge in [-0.2, -0.15) is 0 Å². The fraction of sp³-hybridized carbons (Fsp3) is 0.444. The van der Waals surface area contributed by atoms with Crippen LogP contribution < -0.4 is 5.73 Å². The van der Waals surface area contributed by atoms with Crippen LogP contribution in [0.5, 0.6) is 0 Å². The number of rotatable bonds is 4. The normalized spacial score (nSPS) is 12.8. The molecule has 1 atom stereocenters. The van der Waals surface area contributed by atoms with E-state index in [9.17, 15) is 0 Å². The Labute approximate surface area is 91.4 Å². The Hall–Kier alpha value is -0.0600. The lowest BCUT2D eigenvalue weighted by molar-refractivity contribution is 0.823. The first kappa shape index (κ1) is 11.0. The predicted molar refractivity (Wildman–Crippen MR) is 60.9 cm³/mol. The number of thioether (sulfide) groups is 1. The van der Waals surface area contributed by atoms with E-state index in [1.54, 1.807) is 18.0 Å². The second-order valence-corrected chi connectivity index (χ2v) is 4.82. The lowest BCUT2D eigenvalue weighted by Crippen LogP contribution is -2.15. The van der Waals surface area contributed by atoms with E-state index in [2.05, 4.69) is 27.8 Å². The Morgan fingerprint density at radius 3 is 3.00 bits per heavy atom. The monoisotopic (exact) mass is 260 g/mol. The van der Waals surface area contributed by atoms with Crippen molar-refractivity contribution in [3.05, 3.63) is 22.8 Å². The summed E-state index contributed by atoms with van der Waals surface area (Å²) in [5.74, 6) is 0. The van der Waals surface area contributed by atoms with Crippen LogP contribution >= 0.6 is 27.7 Å². The number of aromatic nitrogens is 1. The second kappa shape index (κ2) is 5.62. The molecule has 13 heavy (non-hydrogen) atoms. The highest BCUT2D eigenvalue weighted by atomic mass is 79.9. The van der Waals surface area contributed by atoms with Crippen molar-refractivity contribution in [2.75, 3.05) is 6.54 Å². The molecule has 4 heteroatoms. The lowest BCUT2D eigenvalue weighted by atomic mass is 10.3. The SMILES string of the molecule is CCC(CN)Sc1ncccc1Br. The van der Waals surface area contributed by atoms with Gasteiger partial charge in [-0.15, -0.1) is 11.8 Å². The molecule has 1 aromatic rings. The second-order valence-electron chi connectivity index (χ2n) is 2.67. The highest BCUT2D eigenvalue weighted by Gasteiger charge is 2.08. The van der Waals surface area contributed by atoms with Gasteiger partial charge in [0.1, 0.15) is 5.03 Å². The number of hydrogen-bond acceptors (Lipinski definition) is 3. The molecule has 0 saturated heterocycles. The fourth-order valence-corrected chi connectivity index (χ4v) is 2.33. The topological polar surface area (TPSA) is 38.9 Å². The Morgan fingerprint density at radius 1 is 1.69 bits per heavy atom. The molecule has 2 nitrogen and oxygen atoms in total. The van der Waals surface area contributed by atoms with E-state index in [4.69, 9.17) is 5.73 Å². The summed E-state index contributed by atoms with van der Waals surface area (Å²) in [7, 11) is 0. The summed E-state index contributed by atoms with van der Waals surface area (Å²) in [5, 5.41) is 1.49. The predicted octanol–water partition coefficient (Wildman–Crippen LogP) is 2.67. The Kier molecular flexibility index (Phi) is 4.77. The third-order valence-corrected chi connectivity index (χ3v) is 4.03. The van der Waals surface area contributed by atoms with Crippen LogP contribution in [-0.2, 0) is 0 Å². The molecule has 1 aromatic heterocycles. The van der Waals surface area contributed by atoms with Crippen molar-refractivity contribution in [1.82, 2.24) is 4.98 Å². The average molecular weight is 261 g/mol. The van der Waals surface area contributed by atoms with Crippen molar-refractivity contribution in [3.8, 4) is 0 Å². The van der Waals surface area contributed by atoms with Gasteiger partial charge in [0, 0.05) is 22.5 Å². The highest BCUT2D eigenvalue weighted by Crippen LogP contribution is 2.28. The first-order chi connectivity index (χ1) is 6.27. The zero-order valence-corrected chi connectivity index (χ0v) is 9.94. The van der Waals surface area contributed by atoms with E-state index in [0.717, 1.165) is 15.9 Å². The summed E-state index contributed by atoms with van der Waals surface area (Å²) >= 11 is 5.19. The number of halogens is 1. The maximum Gasteiger partial charge on any atom is 0.110 e. The molecule has 0 spiro atoms. The van der Waals surface area contributed by atoms with Crippen molar-refractivity contribution in [2.45, 2.75) is 23.6 Å². The summed E-state index contributed by atoms with van der Waals surface area (Å²) in [6.45, 7) is 2.84. The molecule has 0 aromatic carbocycles. The molecule has 0 radical (unpaired) electrons. The molecule has 0 bridgehead atoms. The van der Waals surface area contributed by atoms with Crippen molar-refractivity contribution < 1.29 is 0 Å². The molecule has 72 valence electrons. The average Bonchev–Trinajstić information content (AvgIpc) is 2.17. The Bertz CT molecular complexity index is 264. The fourth-order valence-electron chi connectivity index (χ4n) is 0.914. The molecule has 1 rings (SSSR count). The molecular weight excluding hydrogens is 248 g/mol. The van der Waals surface area contributed by atoms with Gasteiger partial charge >= 0.3 is 0 Å². The minimum absolute atomic E-state index is 0.464. The van der Waals surface area contributed by atoms with Gasteiger partial charge < -0.3 is 5.73 Å². The minimum Gasteiger partial charge on any atom is -0.329 e. The molecular formula is C9H13BrN2S. The molecule has 0 aliphatic carbocycles. The molecule has 0 aliphatic rings. The van der Waals surface area contributed by atoms with Crippen LogP contribution in [-0.4, -0.2) is 16.8 Å². The van der Waals surface area contributed by atoms with Crippen molar-refractivity contribution in [1.29, 1.82) is 0 Å². The van der Waals surface area contributed by atoms with Crippen LogP contribution in [0.25, 0.3) is 0 Å². The highest BCUT2D eigenvalue weighted by molar-refractivity contribution is 9.10. The van der Waals surface area contributed by atoms with E-state index in [1.165, 1.54) is 0 Å². The van der Waals surface area contributed by atoms with E-state index in [-0.39, 0.29) is 0 Å². The smallest absolute Gasteiger partial charge is 0.110 e. The third kappa shape index (κ3) is 3.29.